The molecule has 1 aromatic carbocycles. The van der Waals surface area contributed by atoms with Crippen molar-refractivity contribution in [3.8, 4) is 11.1 Å². The van der Waals surface area contributed by atoms with E-state index in [1.165, 1.54) is 6.33 Å². The second kappa shape index (κ2) is 3.67. The molecule has 3 heteroatoms. The van der Waals surface area contributed by atoms with Crippen LogP contribution in [0, 0.1) is 6.57 Å². The average molecular weight is 180 g/mol. The number of nitrogens with zero attached hydrogens (tertiary/aromatic N) is 3. The third-order valence-corrected chi connectivity index (χ3v) is 1.89. The summed E-state index contributed by atoms with van der Waals surface area (Å²) in [6, 6.07) is 7.36. The fourth-order valence-electron chi connectivity index (χ4n) is 1.18. The molecule has 66 valence electrons. The Morgan fingerprint density at radius 2 is 1.57 bits per heavy atom. The monoisotopic (exact) mass is 180 g/mol. The van der Waals surface area contributed by atoms with Gasteiger partial charge in [0.25, 0.3) is 0 Å². The molecule has 0 aliphatic heterocycles. The number of benzene rings is 1. The maximum Gasteiger partial charge on any atom is 0.187 e. The summed E-state index contributed by atoms with van der Waals surface area (Å²) in [6.45, 7) is 6.82. The van der Waals surface area contributed by atoms with Gasteiger partial charge in [0.15, 0.2) is 5.69 Å². The van der Waals surface area contributed by atoms with Crippen LogP contribution in [0.2, 0.25) is 0 Å². The summed E-state index contributed by atoms with van der Waals surface area (Å²) < 4.78 is 0. The molecule has 0 saturated carbocycles. The van der Waals surface area contributed by atoms with E-state index in [0.29, 0.717) is 5.69 Å². The molecule has 0 atom stereocenters. The van der Waals surface area contributed by atoms with Crippen LogP contribution in [0.3, 0.4) is 0 Å². The van der Waals surface area contributed by atoms with E-state index in [1.807, 2.05) is 12.1 Å². The molecule has 0 radical (unpaired) electrons. The van der Waals surface area contributed by atoms with E-state index < -0.39 is 0 Å². The Bertz CT molecular complexity index is 454. The van der Waals surface area contributed by atoms with E-state index >= 15 is 0 Å². The SMILES string of the molecule is [11C-]#[N+]c1ccc(-c2cncnc2)cc1. The molecule has 0 fully saturated rings. The van der Waals surface area contributed by atoms with E-state index in [-0.39, 0.29) is 0 Å². The van der Waals surface area contributed by atoms with E-state index in [1.54, 1.807) is 24.5 Å². The van der Waals surface area contributed by atoms with Crippen molar-refractivity contribution in [2.75, 3.05) is 0 Å². The predicted molar refractivity (Wildman–Crippen MR) is 53.7 cm³/mol. The number of hydrogen-bond donors (Lipinski definition) is 0. The molecule has 1 aromatic heterocycles. The Morgan fingerprint density at radius 3 is 2.14 bits per heavy atom. The van der Waals surface area contributed by atoms with Gasteiger partial charge in [-0.1, -0.05) is 24.3 Å². The van der Waals surface area contributed by atoms with Crippen molar-refractivity contribution in [2.24, 2.45) is 0 Å². The van der Waals surface area contributed by atoms with Crippen LogP contribution in [0.4, 0.5) is 5.69 Å². The van der Waals surface area contributed by atoms with E-state index in [0.717, 1.165) is 11.1 Å². The van der Waals surface area contributed by atoms with Gasteiger partial charge in [-0.15, -0.1) is 0 Å². The van der Waals surface area contributed by atoms with Crippen LogP contribution >= 0.6 is 0 Å². The lowest BCUT2D eigenvalue weighted by molar-refractivity contribution is 1.17. The first-order valence-electron chi connectivity index (χ1n) is 4.13. The summed E-state index contributed by atoms with van der Waals surface area (Å²) in [7, 11) is 0. The molecular formula is C11H7N3. The fraction of sp³-hybridized carbons (Fsp3) is 0. The van der Waals surface area contributed by atoms with Crippen LogP contribution in [-0.4, -0.2) is 9.97 Å². The Kier molecular flexibility index (Phi) is 2.20. The molecule has 0 aliphatic carbocycles. The van der Waals surface area contributed by atoms with Crippen LogP contribution in [-0.2, 0) is 0 Å². The molecule has 2 aromatic rings. The number of hydrogen-bond acceptors (Lipinski definition) is 2. The molecule has 3 nitrogen and oxygen atoms in total. The molecule has 0 saturated heterocycles. The third-order valence-electron chi connectivity index (χ3n) is 1.89. The van der Waals surface area contributed by atoms with Crippen LogP contribution < -0.4 is 0 Å². The Labute approximate surface area is 81.9 Å². The van der Waals surface area contributed by atoms with Crippen molar-refractivity contribution >= 4 is 5.69 Å². The molecule has 2 rings (SSSR count). The molecular weight excluding hydrogens is 173 g/mol. The standard InChI is InChI=1S/C11H7N3/c1-12-11-4-2-9(3-5-11)10-6-13-8-14-7-10/h2-8H/i1-1. The first-order valence-corrected chi connectivity index (χ1v) is 4.13. The highest BCUT2D eigenvalue weighted by Gasteiger charge is 1.96. The molecule has 0 bridgehead atoms. The highest BCUT2D eigenvalue weighted by Crippen LogP contribution is 2.20. The molecule has 14 heavy (non-hydrogen) atoms. The van der Waals surface area contributed by atoms with Gasteiger partial charge < -0.3 is 0 Å². The second-order valence-electron chi connectivity index (χ2n) is 2.79. The van der Waals surface area contributed by atoms with Crippen molar-refractivity contribution in [1.82, 2.24) is 9.97 Å². The summed E-state index contributed by atoms with van der Waals surface area (Å²) >= 11 is 0. The first-order chi connectivity index (χ1) is 6.90. The third kappa shape index (κ3) is 1.59. The lowest BCUT2D eigenvalue weighted by Gasteiger charge is -1.98. The lowest BCUT2D eigenvalue weighted by Crippen LogP contribution is -1.80. The van der Waals surface area contributed by atoms with E-state index in [4.69, 9.17) is 6.57 Å². The van der Waals surface area contributed by atoms with Gasteiger partial charge in [0.2, 0.25) is 0 Å². The zero-order chi connectivity index (χ0) is 9.80. The van der Waals surface area contributed by atoms with Gasteiger partial charge in [-0.3, -0.25) is 0 Å². The molecule has 0 amide bonds. The lowest BCUT2D eigenvalue weighted by atomic mass is 10.1. The molecule has 1 heterocycles. The maximum absolute atomic E-state index is 6.82. The van der Waals surface area contributed by atoms with Crippen LogP contribution in [0.1, 0.15) is 0 Å². The maximum atomic E-state index is 6.82. The zero-order valence-corrected chi connectivity index (χ0v) is 7.38. The van der Waals surface area contributed by atoms with Crippen molar-refractivity contribution in [3.05, 3.63) is 54.4 Å². The fourth-order valence-corrected chi connectivity index (χ4v) is 1.18. The van der Waals surface area contributed by atoms with Crippen molar-refractivity contribution in [3.63, 3.8) is 0 Å². The topological polar surface area (TPSA) is 30.1 Å². The number of aromatic nitrogens is 2. The Hall–Kier alpha value is -2.21. The van der Waals surface area contributed by atoms with Gasteiger partial charge in [0.05, 0.1) is 6.57 Å². The molecule has 0 unspecified atom stereocenters. The summed E-state index contributed by atoms with van der Waals surface area (Å²) in [5, 5.41) is 0. The predicted octanol–water partition coefficient (Wildman–Crippen LogP) is 2.69. The largest absolute Gasteiger partial charge is 0.244 e. The summed E-state index contributed by atoms with van der Waals surface area (Å²) in [4.78, 5) is 11.2. The highest BCUT2D eigenvalue weighted by molar-refractivity contribution is 5.64. The van der Waals surface area contributed by atoms with Gasteiger partial charge in [-0.25, -0.2) is 14.8 Å². The van der Waals surface area contributed by atoms with Crippen molar-refractivity contribution < 1.29 is 0 Å². The smallest absolute Gasteiger partial charge is 0.187 e. The van der Waals surface area contributed by atoms with Gasteiger partial charge in [0, 0.05) is 18.0 Å². The Balaban J connectivity index is 2.40. The second-order valence-corrected chi connectivity index (χ2v) is 2.79. The molecule has 0 N–H and O–H groups in total. The number of rotatable bonds is 1. The molecule has 0 spiro atoms. The minimum absolute atomic E-state index is 0.644. The summed E-state index contributed by atoms with van der Waals surface area (Å²) in [5.74, 6) is 0. The van der Waals surface area contributed by atoms with Gasteiger partial charge in [-0.2, -0.15) is 0 Å². The summed E-state index contributed by atoms with van der Waals surface area (Å²) in [5.41, 5.74) is 2.63. The zero-order valence-electron chi connectivity index (χ0n) is 7.38. The highest BCUT2D eigenvalue weighted by atomic mass is 14.8. The van der Waals surface area contributed by atoms with Crippen LogP contribution in [0.25, 0.3) is 16.0 Å². The summed E-state index contributed by atoms with van der Waals surface area (Å²) in [6.07, 6.45) is 5.00. The van der Waals surface area contributed by atoms with Crippen LogP contribution in [0.5, 0.6) is 0 Å². The van der Waals surface area contributed by atoms with Crippen molar-refractivity contribution in [1.29, 1.82) is 0 Å². The minimum Gasteiger partial charge on any atom is -0.244 e. The quantitative estimate of drug-likeness (QED) is 0.631. The van der Waals surface area contributed by atoms with Crippen LogP contribution in [0.15, 0.2) is 43.0 Å². The van der Waals surface area contributed by atoms with Crippen molar-refractivity contribution in [2.45, 2.75) is 0 Å². The van der Waals surface area contributed by atoms with Gasteiger partial charge in [-0.05, 0) is 5.56 Å². The Morgan fingerprint density at radius 1 is 0.929 bits per heavy atom. The van der Waals surface area contributed by atoms with Gasteiger partial charge >= 0.3 is 0 Å². The van der Waals surface area contributed by atoms with Gasteiger partial charge in [0.1, 0.15) is 6.33 Å². The first kappa shape index (κ1) is 8.39. The van der Waals surface area contributed by atoms with E-state index in [2.05, 4.69) is 14.8 Å². The molecule has 0 aliphatic rings. The van der Waals surface area contributed by atoms with E-state index in [9.17, 15) is 0 Å². The minimum atomic E-state index is 0.644. The normalized spacial score (nSPS) is 9.36. The average Bonchev–Trinajstić information content (AvgIpc) is 2.30.